The number of rotatable bonds is 4. The number of hydrogen-bond acceptors (Lipinski definition) is 6. The summed E-state index contributed by atoms with van der Waals surface area (Å²) in [4.78, 5) is 29.3. The molecule has 0 heterocycles. The lowest BCUT2D eigenvalue weighted by atomic mass is 10.4. The fraction of sp³-hybridized carbons (Fsp3) is 0.583. The van der Waals surface area contributed by atoms with Gasteiger partial charge in [0.25, 0.3) is 0 Å². The quantitative estimate of drug-likeness (QED) is 0.420. The third kappa shape index (κ3) is 21.4. The number of aliphatic hydroxyl groups is 2. The van der Waals surface area contributed by atoms with Crippen LogP contribution in [0.25, 0.3) is 0 Å². The minimum Gasteiger partial charge on any atom is -0.479 e. The Balaban J connectivity index is -0.000000221. The number of carboxylic acid groups (broad SMARTS) is 2. The van der Waals surface area contributed by atoms with E-state index in [0.29, 0.717) is 12.2 Å². The fourth-order valence-electron chi connectivity index (χ4n) is 0.254. The number of esters is 1. The zero-order valence-corrected chi connectivity index (χ0v) is 12.0. The van der Waals surface area contributed by atoms with Gasteiger partial charge in [0, 0.05) is 5.57 Å². The van der Waals surface area contributed by atoms with Crippen LogP contribution in [0.5, 0.6) is 0 Å². The van der Waals surface area contributed by atoms with Crippen LogP contribution in [0, 0.1) is 0 Å². The number of ether oxygens (including phenoxy) is 1. The summed E-state index contributed by atoms with van der Waals surface area (Å²) in [5, 5.41) is 31.5. The Morgan fingerprint density at radius 1 is 1.05 bits per heavy atom. The average Bonchev–Trinajstić information content (AvgIpc) is 2.30. The van der Waals surface area contributed by atoms with Crippen LogP contribution in [0.3, 0.4) is 0 Å². The Morgan fingerprint density at radius 2 is 1.30 bits per heavy atom. The average molecular weight is 294 g/mol. The van der Waals surface area contributed by atoms with E-state index in [1.165, 1.54) is 13.8 Å². The molecule has 118 valence electrons. The summed E-state index contributed by atoms with van der Waals surface area (Å²) in [5.74, 6) is -2.68. The van der Waals surface area contributed by atoms with E-state index in [-0.39, 0.29) is 5.97 Å². The maximum Gasteiger partial charge on any atom is 0.333 e. The molecule has 0 fully saturated rings. The van der Waals surface area contributed by atoms with Gasteiger partial charge in [-0.2, -0.15) is 0 Å². The smallest absolute Gasteiger partial charge is 0.333 e. The predicted octanol–water partition coefficient (Wildman–Crippen LogP) is 0.0292. The molecule has 0 aromatic heterocycles. The number of aliphatic carboxylic acids is 2. The van der Waals surface area contributed by atoms with Gasteiger partial charge in [0.2, 0.25) is 0 Å². The molecule has 0 saturated heterocycles. The van der Waals surface area contributed by atoms with Crippen molar-refractivity contribution in [1.29, 1.82) is 0 Å². The van der Waals surface area contributed by atoms with Gasteiger partial charge in [-0.3, -0.25) is 0 Å². The molecule has 0 aromatic carbocycles. The molecule has 20 heavy (non-hydrogen) atoms. The Labute approximate surface area is 117 Å². The van der Waals surface area contributed by atoms with Crippen molar-refractivity contribution in [1.82, 2.24) is 0 Å². The van der Waals surface area contributed by atoms with E-state index in [4.69, 9.17) is 20.4 Å². The highest BCUT2D eigenvalue weighted by atomic mass is 16.5. The molecule has 0 aliphatic heterocycles. The topological polar surface area (TPSA) is 141 Å². The largest absolute Gasteiger partial charge is 0.479 e. The predicted molar refractivity (Wildman–Crippen MR) is 70.1 cm³/mol. The monoisotopic (exact) mass is 294 g/mol. The van der Waals surface area contributed by atoms with Crippen molar-refractivity contribution in [2.24, 2.45) is 0 Å². The zero-order valence-electron chi connectivity index (χ0n) is 12.0. The van der Waals surface area contributed by atoms with Gasteiger partial charge in [0.05, 0.1) is 6.61 Å². The lowest BCUT2D eigenvalue weighted by molar-refractivity contribution is -0.146. The standard InChI is InChI=1S/C6H10O2.2C3H6O3/c1-4-8-6(7)5(2)3;2*1-2(4)3(5)6/h2,4H2,1,3H3;2*2,4H,1H3,(H,5,6). The van der Waals surface area contributed by atoms with Crippen LogP contribution in [-0.2, 0) is 19.1 Å². The van der Waals surface area contributed by atoms with E-state index in [9.17, 15) is 14.4 Å². The first-order valence-electron chi connectivity index (χ1n) is 5.61. The van der Waals surface area contributed by atoms with Crippen LogP contribution in [-0.4, -0.2) is 57.1 Å². The van der Waals surface area contributed by atoms with Crippen LogP contribution < -0.4 is 0 Å². The van der Waals surface area contributed by atoms with Gasteiger partial charge in [0.15, 0.2) is 0 Å². The van der Waals surface area contributed by atoms with Crippen LogP contribution in [0.4, 0.5) is 0 Å². The highest BCUT2D eigenvalue weighted by Gasteiger charge is 2.02. The SMILES string of the molecule is C=C(C)C(=O)OCC.CC(O)C(=O)O.CC(O)C(=O)O. The molecule has 2 atom stereocenters. The lowest BCUT2D eigenvalue weighted by Gasteiger charge is -1.96. The number of carboxylic acids is 2. The highest BCUT2D eigenvalue weighted by molar-refractivity contribution is 5.86. The molecule has 0 aromatic rings. The summed E-state index contributed by atoms with van der Waals surface area (Å²) in [6, 6.07) is 0. The molecule has 0 aliphatic rings. The fourth-order valence-corrected chi connectivity index (χ4v) is 0.254. The summed E-state index contributed by atoms with van der Waals surface area (Å²) < 4.78 is 4.56. The highest BCUT2D eigenvalue weighted by Crippen LogP contribution is 1.89. The van der Waals surface area contributed by atoms with E-state index in [2.05, 4.69) is 11.3 Å². The van der Waals surface area contributed by atoms with Gasteiger partial charge in [-0.1, -0.05) is 6.58 Å². The summed E-state index contributed by atoms with van der Waals surface area (Å²) in [6.07, 6.45) is -2.46. The maximum absolute atomic E-state index is 10.4. The summed E-state index contributed by atoms with van der Waals surface area (Å²) in [6.45, 7) is 9.60. The van der Waals surface area contributed by atoms with Gasteiger partial charge in [-0.05, 0) is 27.7 Å². The molecular formula is C12H22O8. The van der Waals surface area contributed by atoms with E-state index in [1.807, 2.05) is 0 Å². The van der Waals surface area contributed by atoms with E-state index in [1.54, 1.807) is 13.8 Å². The molecule has 4 N–H and O–H groups in total. The molecule has 0 bridgehead atoms. The van der Waals surface area contributed by atoms with Crippen molar-refractivity contribution in [3.63, 3.8) is 0 Å². The second kappa shape index (κ2) is 13.5. The minimum absolute atomic E-state index is 0.312. The Hall–Kier alpha value is -1.93. The normalized spacial score (nSPS) is 11.5. The third-order valence-corrected chi connectivity index (χ3v) is 1.34. The number of carbonyl (C=O) groups excluding carboxylic acids is 1. The zero-order chi connectivity index (χ0) is 16.9. The van der Waals surface area contributed by atoms with Gasteiger partial charge >= 0.3 is 17.9 Å². The van der Waals surface area contributed by atoms with Gasteiger partial charge in [0.1, 0.15) is 12.2 Å². The van der Waals surface area contributed by atoms with E-state index >= 15 is 0 Å². The molecule has 2 unspecified atom stereocenters. The minimum atomic E-state index is -1.23. The summed E-state index contributed by atoms with van der Waals surface area (Å²) in [7, 11) is 0. The van der Waals surface area contributed by atoms with Crippen molar-refractivity contribution >= 4 is 17.9 Å². The van der Waals surface area contributed by atoms with Crippen molar-refractivity contribution in [2.75, 3.05) is 6.61 Å². The summed E-state index contributed by atoms with van der Waals surface area (Å²) in [5.41, 5.74) is 0.451. The Kier molecular flexibility index (Phi) is 15.7. The van der Waals surface area contributed by atoms with Crippen LogP contribution in [0.15, 0.2) is 12.2 Å². The molecule has 0 aliphatic carbocycles. The van der Waals surface area contributed by atoms with Crippen molar-refractivity contribution < 1.29 is 39.5 Å². The first-order chi connectivity index (χ1) is 8.97. The number of hydrogen-bond donors (Lipinski definition) is 4. The second-order valence-electron chi connectivity index (χ2n) is 3.53. The molecule has 0 rings (SSSR count). The second-order valence-corrected chi connectivity index (χ2v) is 3.53. The number of aliphatic hydroxyl groups excluding tert-OH is 2. The Morgan fingerprint density at radius 3 is 1.35 bits per heavy atom. The molecule has 0 saturated carbocycles. The molecular weight excluding hydrogens is 272 g/mol. The van der Waals surface area contributed by atoms with Crippen molar-refractivity contribution in [2.45, 2.75) is 39.9 Å². The molecule has 8 heteroatoms. The van der Waals surface area contributed by atoms with Crippen molar-refractivity contribution in [3.05, 3.63) is 12.2 Å². The summed E-state index contributed by atoms with van der Waals surface area (Å²) >= 11 is 0. The van der Waals surface area contributed by atoms with Gasteiger partial charge in [-0.15, -0.1) is 0 Å². The van der Waals surface area contributed by atoms with E-state index < -0.39 is 24.1 Å². The molecule has 0 amide bonds. The molecule has 0 radical (unpaired) electrons. The first-order valence-corrected chi connectivity index (χ1v) is 5.61. The maximum atomic E-state index is 10.4. The molecule has 8 nitrogen and oxygen atoms in total. The first kappa shape index (κ1) is 23.2. The lowest BCUT2D eigenvalue weighted by Crippen LogP contribution is -2.13. The van der Waals surface area contributed by atoms with Crippen molar-refractivity contribution in [3.8, 4) is 0 Å². The molecule has 0 spiro atoms. The third-order valence-electron chi connectivity index (χ3n) is 1.34. The van der Waals surface area contributed by atoms with Gasteiger partial charge in [-0.25, -0.2) is 14.4 Å². The van der Waals surface area contributed by atoms with Crippen LogP contribution in [0.1, 0.15) is 27.7 Å². The van der Waals surface area contributed by atoms with Gasteiger partial charge < -0.3 is 25.2 Å². The van der Waals surface area contributed by atoms with Crippen LogP contribution in [0.2, 0.25) is 0 Å². The van der Waals surface area contributed by atoms with Crippen LogP contribution >= 0.6 is 0 Å². The Bertz CT molecular complexity index is 301. The number of carbonyl (C=O) groups is 3. The van der Waals surface area contributed by atoms with E-state index in [0.717, 1.165) is 0 Å².